The van der Waals surface area contributed by atoms with E-state index in [-0.39, 0.29) is 18.6 Å². The Kier molecular flexibility index (Phi) is 6.57. The standard InChI is InChI=1S/C25H29N3O3/c1-27-14-5-8-23(27)24(28-15-13-19-6-3-4-7-20(19)17-28)16-26-25(29)18-31-22-11-9-21(30-2)10-12-22/h3-12,14,24H,13,15-18H2,1-2H3,(H,26,29). The summed E-state index contributed by atoms with van der Waals surface area (Å²) in [5.74, 6) is 1.26. The van der Waals surface area contributed by atoms with E-state index in [0.717, 1.165) is 25.3 Å². The Hall–Kier alpha value is -3.25. The fourth-order valence-electron chi connectivity index (χ4n) is 4.11. The van der Waals surface area contributed by atoms with Crippen LogP contribution < -0.4 is 14.8 Å². The number of benzene rings is 2. The number of hydrogen-bond donors (Lipinski definition) is 1. The molecule has 1 aliphatic heterocycles. The van der Waals surface area contributed by atoms with E-state index in [2.05, 4.69) is 64.4 Å². The van der Waals surface area contributed by atoms with Crippen molar-refractivity contribution >= 4 is 5.91 Å². The first-order chi connectivity index (χ1) is 15.1. The molecule has 0 fully saturated rings. The van der Waals surface area contributed by atoms with Crippen molar-refractivity contribution in [2.24, 2.45) is 7.05 Å². The van der Waals surface area contributed by atoms with Crippen LogP contribution in [0.15, 0.2) is 66.9 Å². The Bertz CT molecular complexity index is 1010. The van der Waals surface area contributed by atoms with Gasteiger partial charge >= 0.3 is 0 Å². The molecule has 6 nitrogen and oxygen atoms in total. The molecule has 2 aromatic carbocycles. The molecule has 2 heterocycles. The Morgan fingerprint density at radius 1 is 1.03 bits per heavy atom. The molecule has 0 saturated carbocycles. The number of rotatable bonds is 8. The van der Waals surface area contributed by atoms with Crippen molar-refractivity contribution in [2.45, 2.75) is 19.0 Å². The second-order valence-corrected chi connectivity index (χ2v) is 7.82. The van der Waals surface area contributed by atoms with Crippen molar-refractivity contribution in [3.63, 3.8) is 0 Å². The number of methoxy groups -OCH3 is 1. The van der Waals surface area contributed by atoms with Crippen LogP contribution in [0.1, 0.15) is 22.9 Å². The molecule has 0 bridgehead atoms. The fraction of sp³-hybridized carbons (Fsp3) is 0.320. The lowest BCUT2D eigenvalue weighted by molar-refractivity contribution is -0.123. The van der Waals surface area contributed by atoms with Gasteiger partial charge in [-0.3, -0.25) is 9.69 Å². The summed E-state index contributed by atoms with van der Waals surface area (Å²) in [6.45, 7) is 2.36. The first-order valence-corrected chi connectivity index (χ1v) is 10.6. The van der Waals surface area contributed by atoms with Crippen molar-refractivity contribution in [1.29, 1.82) is 0 Å². The molecule has 1 N–H and O–H groups in total. The van der Waals surface area contributed by atoms with Gasteiger partial charge in [0, 0.05) is 38.6 Å². The zero-order valence-corrected chi connectivity index (χ0v) is 18.1. The van der Waals surface area contributed by atoms with Gasteiger partial charge in [0.05, 0.1) is 13.2 Å². The normalized spacial score (nSPS) is 14.5. The first kappa shape index (κ1) is 21.0. The van der Waals surface area contributed by atoms with Crippen molar-refractivity contribution in [3.05, 3.63) is 83.7 Å². The molecule has 4 rings (SSSR count). The number of hydrogen-bond acceptors (Lipinski definition) is 4. The highest BCUT2D eigenvalue weighted by molar-refractivity contribution is 5.77. The lowest BCUT2D eigenvalue weighted by atomic mass is 9.98. The zero-order valence-electron chi connectivity index (χ0n) is 18.1. The predicted octanol–water partition coefficient (Wildman–Crippen LogP) is 3.33. The van der Waals surface area contributed by atoms with Gasteiger partial charge in [-0.25, -0.2) is 0 Å². The van der Waals surface area contributed by atoms with Gasteiger partial charge in [0.25, 0.3) is 5.91 Å². The van der Waals surface area contributed by atoms with Crippen molar-refractivity contribution in [1.82, 2.24) is 14.8 Å². The average Bonchev–Trinajstić information content (AvgIpc) is 3.23. The topological polar surface area (TPSA) is 55.7 Å². The molecule has 1 aromatic heterocycles. The summed E-state index contributed by atoms with van der Waals surface area (Å²) in [5.41, 5.74) is 3.97. The molecule has 1 unspecified atom stereocenters. The molecular formula is C25H29N3O3. The molecule has 1 atom stereocenters. The van der Waals surface area contributed by atoms with Gasteiger partial charge in [-0.1, -0.05) is 24.3 Å². The van der Waals surface area contributed by atoms with E-state index in [4.69, 9.17) is 9.47 Å². The van der Waals surface area contributed by atoms with E-state index in [9.17, 15) is 4.79 Å². The lowest BCUT2D eigenvalue weighted by Gasteiger charge is -2.36. The lowest BCUT2D eigenvalue weighted by Crippen LogP contribution is -2.42. The highest BCUT2D eigenvalue weighted by Crippen LogP contribution is 2.27. The number of nitrogens with zero attached hydrogens (tertiary/aromatic N) is 2. The van der Waals surface area contributed by atoms with Crippen LogP contribution in [0.4, 0.5) is 0 Å². The molecule has 6 heteroatoms. The quantitative estimate of drug-likeness (QED) is 0.609. The summed E-state index contributed by atoms with van der Waals surface area (Å²) in [7, 11) is 3.67. The van der Waals surface area contributed by atoms with E-state index in [1.807, 2.05) is 12.1 Å². The number of fused-ring (bicyclic) bond motifs is 1. The number of carbonyl (C=O) groups excluding carboxylic acids is 1. The van der Waals surface area contributed by atoms with Crippen LogP contribution in [0.25, 0.3) is 0 Å². The number of amides is 1. The number of ether oxygens (including phenoxy) is 2. The van der Waals surface area contributed by atoms with Gasteiger partial charge < -0.3 is 19.4 Å². The Labute approximate surface area is 183 Å². The smallest absolute Gasteiger partial charge is 0.258 e. The second-order valence-electron chi connectivity index (χ2n) is 7.82. The first-order valence-electron chi connectivity index (χ1n) is 10.6. The van der Waals surface area contributed by atoms with E-state index in [1.165, 1.54) is 16.8 Å². The monoisotopic (exact) mass is 419 g/mol. The summed E-state index contributed by atoms with van der Waals surface area (Å²) in [5, 5.41) is 3.07. The van der Waals surface area contributed by atoms with Gasteiger partial charge in [0.2, 0.25) is 0 Å². The SMILES string of the molecule is COc1ccc(OCC(=O)NCC(c2cccn2C)N2CCc3ccccc3C2)cc1. The number of carbonyl (C=O) groups is 1. The van der Waals surface area contributed by atoms with E-state index >= 15 is 0 Å². The van der Waals surface area contributed by atoms with Gasteiger partial charge in [0.1, 0.15) is 11.5 Å². The third-order valence-electron chi connectivity index (χ3n) is 5.85. The molecular weight excluding hydrogens is 390 g/mol. The minimum atomic E-state index is -0.132. The molecule has 0 spiro atoms. The van der Waals surface area contributed by atoms with Crippen LogP contribution in [0.5, 0.6) is 11.5 Å². The minimum Gasteiger partial charge on any atom is -0.497 e. The molecule has 0 radical (unpaired) electrons. The van der Waals surface area contributed by atoms with Gasteiger partial charge in [-0.15, -0.1) is 0 Å². The Balaban J connectivity index is 1.38. The number of nitrogens with one attached hydrogen (secondary N) is 1. The van der Waals surface area contributed by atoms with Crippen LogP contribution in [0, 0.1) is 0 Å². The molecule has 162 valence electrons. The van der Waals surface area contributed by atoms with Crippen LogP contribution in [-0.4, -0.2) is 42.2 Å². The zero-order chi connectivity index (χ0) is 21.6. The van der Waals surface area contributed by atoms with Crippen molar-refractivity contribution in [3.8, 4) is 11.5 Å². The van der Waals surface area contributed by atoms with Gasteiger partial charge in [-0.05, 0) is 53.9 Å². The number of aromatic nitrogens is 1. The fourth-order valence-corrected chi connectivity index (χ4v) is 4.11. The molecule has 0 saturated heterocycles. The second kappa shape index (κ2) is 9.71. The largest absolute Gasteiger partial charge is 0.497 e. The van der Waals surface area contributed by atoms with Crippen LogP contribution in [0.3, 0.4) is 0 Å². The van der Waals surface area contributed by atoms with Crippen LogP contribution in [0.2, 0.25) is 0 Å². The average molecular weight is 420 g/mol. The van der Waals surface area contributed by atoms with Crippen LogP contribution >= 0.6 is 0 Å². The molecule has 1 aliphatic rings. The number of aryl methyl sites for hydroxylation is 1. The summed E-state index contributed by atoms with van der Waals surface area (Å²) in [4.78, 5) is 14.9. The minimum absolute atomic E-state index is 0.0188. The third-order valence-corrected chi connectivity index (χ3v) is 5.85. The summed E-state index contributed by atoms with van der Waals surface area (Å²) >= 11 is 0. The van der Waals surface area contributed by atoms with Gasteiger partial charge in [0.15, 0.2) is 6.61 Å². The van der Waals surface area contributed by atoms with E-state index in [0.29, 0.717) is 12.3 Å². The maximum Gasteiger partial charge on any atom is 0.258 e. The van der Waals surface area contributed by atoms with Crippen LogP contribution in [-0.2, 0) is 24.8 Å². The van der Waals surface area contributed by atoms with E-state index in [1.54, 1.807) is 19.2 Å². The maximum atomic E-state index is 12.5. The molecule has 3 aromatic rings. The van der Waals surface area contributed by atoms with Crippen molar-refractivity contribution < 1.29 is 14.3 Å². The third kappa shape index (κ3) is 5.09. The van der Waals surface area contributed by atoms with Crippen molar-refractivity contribution in [2.75, 3.05) is 26.8 Å². The molecule has 1 amide bonds. The Morgan fingerprint density at radius 3 is 2.48 bits per heavy atom. The predicted molar refractivity (Wildman–Crippen MR) is 120 cm³/mol. The molecule has 0 aliphatic carbocycles. The summed E-state index contributed by atoms with van der Waals surface area (Å²) in [6, 6.07) is 20.1. The maximum absolute atomic E-state index is 12.5. The Morgan fingerprint density at radius 2 is 1.77 bits per heavy atom. The molecule has 31 heavy (non-hydrogen) atoms. The van der Waals surface area contributed by atoms with Gasteiger partial charge in [-0.2, -0.15) is 0 Å². The van der Waals surface area contributed by atoms with E-state index < -0.39 is 0 Å². The summed E-state index contributed by atoms with van der Waals surface area (Å²) in [6.07, 6.45) is 3.07. The highest BCUT2D eigenvalue weighted by Gasteiger charge is 2.26. The summed E-state index contributed by atoms with van der Waals surface area (Å²) < 4.78 is 12.9. The highest BCUT2D eigenvalue weighted by atomic mass is 16.5.